The Hall–Kier alpha value is -2.34. The Balaban J connectivity index is 1.49. The van der Waals surface area contributed by atoms with E-state index in [1.54, 1.807) is 11.1 Å². The number of rotatable bonds is 4. The summed E-state index contributed by atoms with van der Waals surface area (Å²) in [6.45, 7) is 6.03. The number of aromatic nitrogens is 1. The van der Waals surface area contributed by atoms with E-state index in [0.29, 0.717) is 26.2 Å². The minimum Gasteiger partial charge on any atom is -0.489 e. The molecule has 0 unspecified atom stereocenters. The van der Waals surface area contributed by atoms with E-state index in [2.05, 4.69) is 10.3 Å². The van der Waals surface area contributed by atoms with Crippen LogP contribution in [0, 0.1) is 0 Å². The summed E-state index contributed by atoms with van der Waals surface area (Å²) in [4.78, 5) is 18.3. The molecule has 2 aromatic rings. The summed E-state index contributed by atoms with van der Waals surface area (Å²) in [6.07, 6.45) is 1.88. The standard InChI is InChI=1S/C18H23N3O3/c1-13-11-21(12-14(2)24-13)18(22)20-9-10-23-16-7-3-5-15-6-4-8-19-17(15)16/h3-8,13-14H,9-12H2,1-2H3,(H,20,22)/t13-,14+. The first-order valence-electron chi connectivity index (χ1n) is 8.28. The van der Waals surface area contributed by atoms with Gasteiger partial charge in [-0.25, -0.2) is 4.79 Å². The third-order valence-electron chi connectivity index (χ3n) is 3.94. The maximum absolute atomic E-state index is 12.2. The third kappa shape index (κ3) is 3.94. The molecule has 0 bridgehead atoms. The third-order valence-corrected chi connectivity index (χ3v) is 3.94. The molecule has 0 aliphatic carbocycles. The first-order chi connectivity index (χ1) is 11.6. The SMILES string of the molecule is C[C@@H]1CN(C(=O)NCCOc2cccc3cccnc23)C[C@H](C)O1. The van der Waals surface area contributed by atoms with Crippen molar-refractivity contribution in [2.45, 2.75) is 26.1 Å². The van der Waals surface area contributed by atoms with Gasteiger partial charge >= 0.3 is 6.03 Å². The van der Waals surface area contributed by atoms with E-state index in [1.807, 2.05) is 44.2 Å². The van der Waals surface area contributed by atoms with Gasteiger partial charge in [0.2, 0.25) is 0 Å². The highest BCUT2D eigenvalue weighted by atomic mass is 16.5. The molecule has 1 aliphatic heterocycles. The molecule has 1 aromatic heterocycles. The molecule has 1 N–H and O–H groups in total. The van der Waals surface area contributed by atoms with Gasteiger partial charge in [0.25, 0.3) is 0 Å². The van der Waals surface area contributed by atoms with Crippen molar-refractivity contribution in [1.82, 2.24) is 15.2 Å². The second kappa shape index (κ2) is 7.49. The fraction of sp³-hybridized carbons (Fsp3) is 0.444. The van der Waals surface area contributed by atoms with Crippen molar-refractivity contribution in [1.29, 1.82) is 0 Å². The molecule has 2 atom stereocenters. The number of carbonyl (C=O) groups excluding carboxylic acids is 1. The van der Waals surface area contributed by atoms with Crippen LogP contribution in [0.2, 0.25) is 0 Å². The minimum atomic E-state index is -0.0726. The molecule has 6 nitrogen and oxygen atoms in total. The van der Waals surface area contributed by atoms with Gasteiger partial charge in [-0.3, -0.25) is 4.98 Å². The van der Waals surface area contributed by atoms with Gasteiger partial charge in [0, 0.05) is 24.7 Å². The van der Waals surface area contributed by atoms with Gasteiger partial charge in [-0.15, -0.1) is 0 Å². The van der Waals surface area contributed by atoms with Crippen LogP contribution < -0.4 is 10.1 Å². The summed E-state index contributed by atoms with van der Waals surface area (Å²) in [5.74, 6) is 0.732. The van der Waals surface area contributed by atoms with Crippen LogP contribution in [0.25, 0.3) is 10.9 Å². The highest BCUT2D eigenvalue weighted by molar-refractivity contribution is 5.84. The number of ether oxygens (including phenoxy) is 2. The van der Waals surface area contributed by atoms with Crippen molar-refractivity contribution >= 4 is 16.9 Å². The predicted molar refractivity (Wildman–Crippen MR) is 92.2 cm³/mol. The Bertz CT molecular complexity index is 691. The van der Waals surface area contributed by atoms with E-state index < -0.39 is 0 Å². The lowest BCUT2D eigenvalue weighted by molar-refractivity contribution is -0.0545. The summed E-state index contributed by atoms with van der Waals surface area (Å²) >= 11 is 0. The summed E-state index contributed by atoms with van der Waals surface area (Å²) in [5, 5.41) is 3.94. The molecule has 3 rings (SSSR count). The zero-order valence-electron chi connectivity index (χ0n) is 14.1. The molecule has 1 saturated heterocycles. The number of benzene rings is 1. The number of hydrogen-bond acceptors (Lipinski definition) is 4. The van der Waals surface area contributed by atoms with Crippen LogP contribution in [0.3, 0.4) is 0 Å². The lowest BCUT2D eigenvalue weighted by atomic mass is 10.2. The van der Waals surface area contributed by atoms with E-state index in [9.17, 15) is 4.79 Å². The Morgan fingerprint density at radius 1 is 1.29 bits per heavy atom. The van der Waals surface area contributed by atoms with Gasteiger partial charge in [-0.05, 0) is 26.0 Å². The number of hydrogen-bond donors (Lipinski definition) is 1. The summed E-state index contributed by atoms with van der Waals surface area (Å²) in [5.41, 5.74) is 0.835. The molecule has 1 aliphatic rings. The molecule has 2 amide bonds. The van der Waals surface area contributed by atoms with Crippen LogP contribution in [-0.4, -0.2) is 54.4 Å². The molecule has 0 radical (unpaired) electrons. The van der Waals surface area contributed by atoms with Crippen LogP contribution >= 0.6 is 0 Å². The normalized spacial score (nSPS) is 20.8. The van der Waals surface area contributed by atoms with Crippen LogP contribution in [0.5, 0.6) is 5.75 Å². The van der Waals surface area contributed by atoms with E-state index in [-0.39, 0.29) is 18.2 Å². The van der Waals surface area contributed by atoms with Gasteiger partial charge in [0.1, 0.15) is 17.9 Å². The molecule has 0 spiro atoms. The highest BCUT2D eigenvalue weighted by Gasteiger charge is 2.25. The highest BCUT2D eigenvalue weighted by Crippen LogP contribution is 2.22. The summed E-state index contributed by atoms with van der Waals surface area (Å²) in [7, 11) is 0. The van der Waals surface area contributed by atoms with Crippen molar-refractivity contribution in [3.8, 4) is 5.75 Å². The van der Waals surface area contributed by atoms with E-state index in [1.165, 1.54) is 0 Å². The van der Waals surface area contributed by atoms with Crippen LogP contribution in [0.1, 0.15) is 13.8 Å². The monoisotopic (exact) mass is 329 g/mol. The quantitative estimate of drug-likeness (QED) is 0.875. The number of fused-ring (bicyclic) bond motifs is 1. The van der Waals surface area contributed by atoms with Crippen molar-refractivity contribution < 1.29 is 14.3 Å². The van der Waals surface area contributed by atoms with Crippen molar-refractivity contribution in [2.75, 3.05) is 26.2 Å². The molecule has 2 heterocycles. The number of pyridine rings is 1. The smallest absolute Gasteiger partial charge is 0.317 e. The molecule has 0 saturated carbocycles. The molecule has 128 valence electrons. The molecular weight excluding hydrogens is 306 g/mol. The number of para-hydroxylation sites is 1. The van der Waals surface area contributed by atoms with Crippen molar-refractivity contribution in [3.63, 3.8) is 0 Å². The Labute approximate surface area is 141 Å². The Morgan fingerprint density at radius 3 is 2.83 bits per heavy atom. The molecule has 1 aromatic carbocycles. The van der Waals surface area contributed by atoms with E-state index in [4.69, 9.17) is 9.47 Å². The van der Waals surface area contributed by atoms with Gasteiger partial charge in [-0.2, -0.15) is 0 Å². The number of morpholine rings is 1. The van der Waals surface area contributed by atoms with Crippen LogP contribution in [0.4, 0.5) is 4.79 Å². The molecule has 6 heteroatoms. The number of nitrogens with zero attached hydrogens (tertiary/aromatic N) is 2. The van der Waals surface area contributed by atoms with Gasteiger partial charge < -0.3 is 19.7 Å². The molecular formula is C18H23N3O3. The minimum absolute atomic E-state index is 0.0671. The first kappa shape index (κ1) is 16.5. The van der Waals surface area contributed by atoms with Crippen molar-refractivity contribution in [3.05, 3.63) is 36.5 Å². The number of urea groups is 1. The number of amides is 2. The number of nitrogens with one attached hydrogen (secondary N) is 1. The zero-order valence-corrected chi connectivity index (χ0v) is 14.1. The average Bonchev–Trinajstić information content (AvgIpc) is 2.57. The fourth-order valence-electron chi connectivity index (χ4n) is 2.97. The second-order valence-corrected chi connectivity index (χ2v) is 6.07. The van der Waals surface area contributed by atoms with Crippen LogP contribution in [-0.2, 0) is 4.74 Å². The average molecular weight is 329 g/mol. The maximum atomic E-state index is 12.2. The van der Waals surface area contributed by atoms with Gasteiger partial charge in [-0.1, -0.05) is 18.2 Å². The van der Waals surface area contributed by atoms with Gasteiger partial charge in [0.05, 0.1) is 18.8 Å². The fourth-order valence-corrected chi connectivity index (χ4v) is 2.97. The van der Waals surface area contributed by atoms with E-state index >= 15 is 0 Å². The largest absolute Gasteiger partial charge is 0.489 e. The lowest BCUT2D eigenvalue weighted by Gasteiger charge is -2.35. The van der Waals surface area contributed by atoms with Gasteiger partial charge in [0.15, 0.2) is 0 Å². The topological polar surface area (TPSA) is 63.7 Å². The maximum Gasteiger partial charge on any atom is 0.317 e. The summed E-state index contributed by atoms with van der Waals surface area (Å²) < 4.78 is 11.4. The second-order valence-electron chi connectivity index (χ2n) is 6.07. The molecule has 24 heavy (non-hydrogen) atoms. The Kier molecular flexibility index (Phi) is 5.15. The Morgan fingerprint density at radius 2 is 2.04 bits per heavy atom. The predicted octanol–water partition coefficient (Wildman–Crippen LogP) is 2.43. The molecule has 1 fully saturated rings. The zero-order chi connectivity index (χ0) is 16.9. The first-order valence-corrected chi connectivity index (χ1v) is 8.28. The number of carbonyl (C=O) groups is 1. The van der Waals surface area contributed by atoms with Crippen LogP contribution in [0.15, 0.2) is 36.5 Å². The van der Waals surface area contributed by atoms with E-state index in [0.717, 1.165) is 16.7 Å². The summed E-state index contributed by atoms with van der Waals surface area (Å²) in [6, 6.07) is 9.65. The lowest BCUT2D eigenvalue weighted by Crippen LogP contribution is -2.52. The van der Waals surface area contributed by atoms with Crippen molar-refractivity contribution in [2.24, 2.45) is 0 Å².